The SMILES string of the molecule is CCN(CCO)C(=O)c1ccccc1S(=O)(=O)CC. The molecule has 1 aromatic rings. The van der Waals surface area contributed by atoms with Crippen molar-refractivity contribution in [2.45, 2.75) is 18.7 Å². The second kappa shape index (κ2) is 6.68. The van der Waals surface area contributed by atoms with E-state index in [-0.39, 0.29) is 35.3 Å². The third-order valence-electron chi connectivity index (χ3n) is 2.87. The van der Waals surface area contributed by atoms with Crippen molar-refractivity contribution in [2.75, 3.05) is 25.4 Å². The Morgan fingerprint density at radius 1 is 1.26 bits per heavy atom. The molecule has 0 aliphatic heterocycles. The van der Waals surface area contributed by atoms with Gasteiger partial charge in [-0.05, 0) is 19.1 Å². The Bertz CT molecular complexity index is 539. The fraction of sp³-hybridized carbons (Fsp3) is 0.462. The van der Waals surface area contributed by atoms with Crippen molar-refractivity contribution in [2.24, 2.45) is 0 Å². The van der Waals surface area contributed by atoms with Crippen molar-refractivity contribution < 1.29 is 18.3 Å². The molecule has 0 heterocycles. The van der Waals surface area contributed by atoms with Gasteiger partial charge in [-0.2, -0.15) is 0 Å². The number of likely N-dealkylation sites (N-methyl/N-ethyl adjacent to an activating group) is 1. The molecule has 0 saturated heterocycles. The van der Waals surface area contributed by atoms with Gasteiger partial charge in [0, 0.05) is 13.1 Å². The van der Waals surface area contributed by atoms with E-state index >= 15 is 0 Å². The van der Waals surface area contributed by atoms with Crippen LogP contribution in [0.1, 0.15) is 24.2 Å². The summed E-state index contributed by atoms with van der Waals surface area (Å²) in [5.41, 5.74) is 0.166. The molecule has 0 saturated carbocycles. The minimum atomic E-state index is -3.44. The van der Waals surface area contributed by atoms with E-state index in [0.29, 0.717) is 6.54 Å². The first-order valence-electron chi connectivity index (χ1n) is 6.19. The number of rotatable bonds is 6. The van der Waals surface area contributed by atoms with Gasteiger partial charge < -0.3 is 10.0 Å². The minimum Gasteiger partial charge on any atom is -0.395 e. The highest BCUT2D eigenvalue weighted by atomic mass is 32.2. The molecule has 0 spiro atoms. The maximum absolute atomic E-state index is 12.3. The Kier molecular flexibility index (Phi) is 5.50. The average Bonchev–Trinajstić information content (AvgIpc) is 2.44. The van der Waals surface area contributed by atoms with Crippen molar-refractivity contribution in [1.82, 2.24) is 4.90 Å². The van der Waals surface area contributed by atoms with Gasteiger partial charge in [0.15, 0.2) is 9.84 Å². The summed E-state index contributed by atoms with van der Waals surface area (Å²) in [7, 11) is -3.44. The van der Waals surface area contributed by atoms with Crippen LogP contribution in [0.15, 0.2) is 29.2 Å². The quantitative estimate of drug-likeness (QED) is 0.844. The van der Waals surface area contributed by atoms with E-state index in [9.17, 15) is 13.2 Å². The second-order valence-electron chi connectivity index (χ2n) is 4.01. The summed E-state index contributed by atoms with van der Waals surface area (Å²) in [6.45, 7) is 3.78. The molecule has 1 N–H and O–H groups in total. The van der Waals surface area contributed by atoms with Crippen LogP contribution in [0.3, 0.4) is 0 Å². The van der Waals surface area contributed by atoms with Gasteiger partial charge in [-0.3, -0.25) is 4.79 Å². The second-order valence-corrected chi connectivity index (χ2v) is 6.25. The van der Waals surface area contributed by atoms with Crippen LogP contribution in [0.25, 0.3) is 0 Å². The maximum atomic E-state index is 12.3. The Hall–Kier alpha value is -1.40. The van der Waals surface area contributed by atoms with Crippen molar-refractivity contribution in [3.05, 3.63) is 29.8 Å². The summed E-state index contributed by atoms with van der Waals surface area (Å²) < 4.78 is 23.9. The first-order chi connectivity index (χ1) is 8.97. The zero-order valence-corrected chi connectivity index (χ0v) is 12.0. The standard InChI is InChI=1S/C13H19NO4S/c1-3-14(9-10-15)13(16)11-7-5-6-8-12(11)19(17,18)4-2/h5-8,15H,3-4,9-10H2,1-2H3. The number of hydrogen-bond donors (Lipinski definition) is 1. The number of carbonyl (C=O) groups is 1. The third-order valence-corrected chi connectivity index (χ3v) is 4.66. The monoisotopic (exact) mass is 285 g/mol. The number of sulfone groups is 1. The highest BCUT2D eigenvalue weighted by Crippen LogP contribution is 2.18. The molecule has 1 rings (SSSR count). The van der Waals surface area contributed by atoms with E-state index in [1.54, 1.807) is 26.0 Å². The van der Waals surface area contributed by atoms with Gasteiger partial charge in [0.2, 0.25) is 0 Å². The van der Waals surface area contributed by atoms with Crippen LogP contribution in [0.4, 0.5) is 0 Å². The molecule has 106 valence electrons. The zero-order valence-electron chi connectivity index (χ0n) is 11.2. The van der Waals surface area contributed by atoms with Gasteiger partial charge in [-0.1, -0.05) is 19.1 Å². The van der Waals surface area contributed by atoms with E-state index in [1.165, 1.54) is 17.0 Å². The first-order valence-corrected chi connectivity index (χ1v) is 7.85. The summed E-state index contributed by atoms with van der Waals surface area (Å²) in [4.78, 5) is 13.8. The molecule has 0 unspecified atom stereocenters. The Morgan fingerprint density at radius 2 is 1.89 bits per heavy atom. The molecule has 0 aliphatic rings. The third kappa shape index (κ3) is 3.54. The van der Waals surface area contributed by atoms with Crippen LogP contribution in [0.5, 0.6) is 0 Å². The maximum Gasteiger partial charge on any atom is 0.255 e. The number of aliphatic hydroxyl groups is 1. The van der Waals surface area contributed by atoms with Crippen LogP contribution >= 0.6 is 0 Å². The lowest BCUT2D eigenvalue weighted by Gasteiger charge is -2.21. The van der Waals surface area contributed by atoms with Gasteiger partial charge in [-0.15, -0.1) is 0 Å². The molecule has 1 amide bonds. The highest BCUT2D eigenvalue weighted by Gasteiger charge is 2.23. The molecule has 0 atom stereocenters. The van der Waals surface area contributed by atoms with Crippen molar-refractivity contribution >= 4 is 15.7 Å². The summed E-state index contributed by atoms with van der Waals surface area (Å²) >= 11 is 0. The van der Waals surface area contributed by atoms with E-state index in [4.69, 9.17) is 5.11 Å². The predicted octanol–water partition coefficient (Wildman–Crippen LogP) is 0.935. The Balaban J connectivity index is 3.24. The molecule has 0 bridgehead atoms. The number of nitrogens with zero attached hydrogens (tertiary/aromatic N) is 1. The molecule has 0 aromatic heterocycles. The number of carbonyl (C=O) groups excluding carboxylic acids is 1. The summed E-state index contributed by atoms with van der Waals surface area (Å²) in [6.07, 6.45) is 0. The normalized spacial score (nSPS) is 11.3. The molecule has 1 aromatic carbocycles. The lowest BCUT2D eigenvalue weighted by Crippen LogP contribution is -2.34. The first kappa shape index (κ1) is 15.7. The number of benzene rings is 1. The van der Waals surface area contributed by atoms with Gasteiger partial charge in [0.1, 0.15) is 0 Å². The molecule has 6 heteroatoms. The Morgan fingerprint density at radius 3 is 2.42 bits per heavy atom. The fourth-order valence-electron chi connectivity index (χ4n) is 1.76. The zero-order chi connectivity index (χ0) is 14.5. The average molecular weight is 285 g/mol. The summed E-state index contributed by atoms with van der Waals surface area (Å²) in [5.74, 6) is -0.423. The van der Waals surface area contributed by atoms with E-state index < -0.39 is 9.84 Å². The minimum absolute atomic E-state index is 0.0522. The molecule has 0 fully saturated rings. The Labute approximate surface area is 113 Å². The largest absolute Gasteiger partial charge is 0.395 e. The summed E-state index contributed by atoms with van der Waals surface area (Å²) in [5, 5.41) is 8.93. The molecular weight excluding hydrogens is 266 g/mol. The van der Waals surface area contributed by atoms with Gasteiger partial charge >= 0.3 is 0 Å². The van der Waals surface area contributed by atoms with Gasteiger partial charge in [0.05, 0.1) is 22.8 Å². The number of aliphatic hydroxyl groups excluding tert-OH is 1. The summed E-state index contributed by atoms with van der Waals surface area (Å²) in [6, 6.07) is 6.18. The van der Waals surface area contributed by atoms with E-state index in [1.807, 2.05) is 0 Å². The van der Waals surface area contributed by atoms with Crippen molar-refractivity contribution in [3.63, 3.8) is 0 Å². The van der Waals surface area contributed by atoms with Crippen LogP contribution in [-0.4, -0.2) is 49.8 Å². The highest BCUT2D eigenvalue weighted by molar-refractivity contribution is 7.91. The molecule has 5 nitrogen and oxygen atoms in total. The van der Waals surface area contributed by atoms with Crippen LogP contribution in [0.2, 0.25) is 0 Å². The smallest absolute Gasteiger partial charge is 0.255 e. The number of hydrogen-bond acceptors (Lipinski definition) is 4. The van der Waals surface area contributed by atoms with Gasteiger partial charge in [0.25, 0.3) is 5.91 Å². The molecular formula is C13H19NO4S. The van der Waals surface area contributed by atoms with Crippen molar-refractivity contribution in [1.29, 1.82) is 0 Å². The van der Waals surface area contributed by atoms with Crippen LogP contribution in [0, 0.1) is 0 Å². The molecule has 19 heavy (non-hydrogen) atoms. The topological polar surface area (TPSA) is 74.7 Å². The molecule has 0 aliphatic carbocycles. The van der Waals surface area contributed by atoms with Crippen LogP contribution < -0.4 is 0 Å². The van der Waals surface area contributed by atoms with Crippen LogP contribution in [-0.2, 0) is 9.84 Å². The van der Waals surface area contributed by atoms with E-state index in [0.717, 1.165) is 0 Å². The molecule has 0 radical (unpaired) electrons. The van der Waals surface area contributed by atoms with Gasteiger partial charge in [-0.25, -0.2) is 8.42 Å². The predicted molar refractivity (Wildman–Crippen MR) is 72.8 cm³/mol. The lowest BCUT2D eigenvalue weighted by molar-refractivity contribution is 0.0728. The number of amides is 1. The lowest BCUT2D eigenvalue weighted by atomic mass is 10.2. The van der Waals surface area contributed by atoms with Crippen molar-refractivity contribution in [3.8, 4) is 0 Å². The van der Waals surface area contributed by atoms with E-state index in [2.05, 4.69) is 0 Å². The fourth-order valence-corrected chi connectivity index (χ4v) is 2.85.